The summed E-state index contributed by atoms with van der Waals surface area (Å²) in [6.07, 6.45) is 1.05. The van der Waals surface area contributed by atoms with Crippen LogP contribution < -0.4 is 10.1 Å². The fourth-order valence-electron chi connectivity index (χ4n) is 2.50. The van der Waals surface area contributed by atoms with Gasteiger partial charge in [0.15, 0.2) is 0 Å². The average Bonchev–Trinajstić information content (AvgIpc) is 3.18. The molecule has 5 heteroatoms. The summed E-state index contributed by atoms with van der Waals surface area (Å²) in [6.45, 7) is 7.00. The first-order valence-electron chi connectivity index (χ1n) is 7.37. The molecule has 2 rings (SSSR count). The van der Waals surface area contributed by atoms with Crippen LogP contribution in [0, 0.1) is 0 Å². The largest absolute Gasteiger partial charge is 0.497 e. The molecule has 120 valence electrons. The second-order valence-corrected chi connectivity index (χ2v) is 6.68. The molecule has 0 aliphatic heterocycles. The minimum atomic E-state index is -0.575. The normalized spacial score (nSPS) is 15.9. The standard InChI is InChI=1S/C17H23NO4/c1-11(19)17(8-9-17)13-10-12(21-5)6-7-14(13)18-15(20)22-16(2,3)4/h6-7,10H,8-9H2,1-5H3,(H,18,20). The van der Waals surface area contributed by atoms with E-state index < -0.39 is 17.1 Å². The molecule has 22 heavy (non-hydrogen) atoms. The van der Waals surface area contributed by atoms with Crippen molar-refractivity contribution in [1.29, 1.82) is 0 Å². The molecule has 0 aromatic heterocycles. The summed E-state index contributed by atoms with van der Waals surface area (Å²) in [7, 11) is 1.58. The molecule has 0 atom stereocenters. The van der Waals surface area contributed by atoms with Crippen LogP contribution in [0.3, 0.4) is 0 Å². The van der Waals surface area contributed by atoms with Gasteiger partial charge < -0.3 is 9.47 Å². The van der Waals surface area contributed by atoms with Crippen LogP contribution in [-0.2, 0) is 14.9 Å². The zero-order valence-electron chi connectivity index (χ0n) is 13.8. The molecule has 0 radical (unpaired) electrons. The van der Waals surface area contributed by atoms with E-state index in [9.17, 15) is 9.59 Å². The smallest absolute Gasteiger partial charge is 0.412 e. The molecule has 1 aromatic rings. The first kappa shape index (κ1) is 16.3. The van der Waals surface area contributed by atoms with E-state index >= 15 is 0 Å². The topological polar surface area (TPSA) is 64.6 Å². The maximum absolute atomic E-state index is 12.0. The number of benzene rings is 1. The zero-order chi connectivity index (χ0) is 16.5. The van der Waals surface area contributed by atoms with Gasteiger partial charge in [-0.2, -0.15) is 0 Å². The number of ketones is 1. The fraction of sp³-hybridized carbons (Fsp3) is 0.529. The summed E-state index contributed by atoms with van der Waals surface area (Å²) in [4.78, 5) is 24.0. The quantitative estimate of drug-likeness (QED) is 0.922. The second-order valence-electron chi connectivity index (χ2n) is 6.68. The van der Waals surface area contributed by atoms with E-state index in [0.717, 1.165) is 18.4 Å². The van der Waals surface area contributed by atoms with Crippen molar-refractivity contribution >= 4 is 17.6 Å². The van der Waals surface area contributed by atoms with Gasteiger partial charge >= 0.3 is 6.09 Å². The Labute approximate surface area is 131 Å². The van der Waals surface area contributed by atoms with Crippen molar-refractivity contribution in [2.24, 2.45) is 0 Å². The number of rotatable bonds is 4. The predicted molar refractivity (Wildman–Crippen MR) is 84.4 cm³/mol. The molecule has 1 aromatic carbocycles. The van der Waals surface area contributed by atoms with Gasteiger partial charge in [-0.05, 0) is 64.3 Å². The second kappa shape index (κ2) is 5.63. The molecular weight excluding hydrogens is 282 g/mol. The molecule has 0 unspecified atom stereocenters. The van der Waals surface area contributed by atoms with E-state index in [0.29, 0.717) is 11.4 Å². The van der Waals surface area contributed by atoms with Crippen LogP contribution in [0.1, 0.15) is 46.1 Å². The molecule has 1 N–H and O–H groups in total. The number of hydrogen-bond donors (Lipinski definition) is 1. The van der Waals surface area contributed by atoms with E-state index in [2.05, 4.69) is 5.32 Å². The highest BCUT2D eigenvalue weighted by molar-refractivity contribution is 5.95. The highest BCUT2D eigenvalue weighted by Gasteiger charge is 2.50. The maximum atomic E-state index is 12.0. The summed E-state index contributed by atoms with van der Waals surface area (Å²) in [6, 6.07) is 5.33. The van der Waals surface area contributed by atoms with Crippen LogP contribution in [0.5, 0.6) is 5.75 Å². The SMILES string of the molecule is COc1ccc(NC(=O)OC(C)(C)C)c(C2(C(C)=O)CC2)c1. The Bertz CT molecular complexity index is 597. The van der Waals surface area contributed by atoms with E-state index in [4.69, 9.17) is 9.47 Å². The van der Waals surface area contributed by atoms with E-state index in [1.54, 1.807) is 46.9 Å². The Balaban J connectivity index is 2.32. The summed E-state index contributed by atoms with van der Waals surface area (Å²) in [5, 5.41) is 2.75. The van der Waals surface area contributed by atoms with Crippen molar-refractivity contribution in [2.45, 2.75) is 51.6 Å². The van der Waals surface area contributed by atoms with Gasteiger partial charge in [0.2, 0.25) is 0 Å². The maximum Gasteiger partial charge on any atom is 0.412 e. The van der Waals surface area contributed by atoms with Crippen molar-refractivity contribution in [3.8, 4) is 5.75 Å². The van der Waals surface area contributed by atoms with Crippen LogP contribution in [0.2, 0.25) is 0 Å². The van der Waals surface area contributed by atoms with Crippen LogP contribution >= 0.6 is 0 Å². The van der Waals surface area contributed by atoms with Crippen molar-refractivity contribution in [2.75, 3.05) is 12.4 Å². The lowest BCUT2D eigenvalue weighted by Gasteiger charge is -2.22. The number of methoxy groups -OCH3 is 1. The minimum absolute atomic E-state index is 0.105. The molecule has 0 saturated heterocycles. The van der Waals surface area contributed by atoms with Crippen molar-refractivity contribution < 1.29 is 19.1 Å². The van der Waals surface area contributed by atoms with Gasteiger partial charge in [0.05, 0.1) is 12.5 Å². The molecule has 1 aliphatic carbocycles. The lowest BCUT2D eigenvalue weighted by Crippen LogP contribution is -2.28. The van der Waals surface area contributed by atoms with Gasteiger partial charge in [-0.1, -0.05) is 0 Å². The number of hydrogen-bond acceptors (Lipinski definition) is 4. The lowest BCUT2D eigenvalue weighted by molar-refractivity contribution is -0.119. The Hall–Kier alpha value is -2.04. The predicted octanol–water partition coefficient (Wildman–Crippen LogP) is 3.66. The number of nitrogens with one attached hydrogen (secondary N) is 1. The van der Waals surface area contributed by atoms with E-state index in [-0.39, 0.29) is 5.78 Å². The van der Waals surface area contributed by atoms with Gasteiger partial charge in [0.1, 0.15) is 17.1 Å². The average molecular weight is 305 g/mol. The van der Waals surface area contributed by atoms with Crippen molar-refractivity contribution in [1.82, 2.24) is 0 Å². The zero-order valence-corrected chi connectivity index (χ0v) is 13.8. The van der Waals surface area contributed by atoms with Gasteiger partial charge in [-0.15, -0.1) is 0 Å². The molecular formula is C17H23NO4. The van der Waals surface area contributed by atoms with Gasteiger partial charge in [-0.25, -0.2) is 4.79 Å². The van der Waals surface area contributed by atoms with Gasteiger partial charge in [0.25, 0.3) is 0 Å². The minimum Gasteiger partial charge on any atom is -0.497 e. The molecule has 1 aliphatic rings. The van der Waals surface area contributed by atoms with Crippen molar-refractivity contribution in [3.05, 3.63) is 23.8 Å². The lowest BCUT2D eigenvalue weighted by atomic mass is 9.90. The van der Waals surface area contributed by atoms with Gasteiger partial charge in [0, 0.05) is 5.69 Å². The summed E-state index contributed by atoms with van der Waals surface area (Å²) < 4.78 is 10.5. The summed E-state index contributed by atoms with van der Waals surface area (Å²) in [5.41, 5.74) is 0.320. The molecule has 0 spiro atoms. The molecule has 0 bridgehead atoms. The number of carbonyl (C=O) groups excluding carboxylic acids is 2. The number of Topliss-reactive ketones (excluding diaryl/α,β-unsaturated/α-hetero) is 1. The molecule has 1 saturated carbocycles. The van der Waals surface area contributed by atoms with Gasteiger partial charge in [-0.3, -0.25) is 10.1 Å². The number of ether oxygens (including phenoxy) is 2. The Morgan fingerprint density at radius 1 is 1.23 bits per heavy atom. The highest BCUT2D eigenvalue weighted by atomic mass is 16.6. The third-order valence-corrected chi connectivity index (χ3v) is 3.80. The summed E-state index contributed by atoms with van der Waals surface area (Å²) >= 11 is 0. The Morgan fingerprint density at radius 3 is 2.32 bits per heavy atom. The molecule has 1 fully saturated rings. The van der Waals surface area contributed by atoms with E-state index in [1.807, 2.05) is 6.07 Å². The first-order chi connectivity index (χ1) is 10.2. The fourth-order valence-corrected chi connectivity index (χ4v) is 2.50. The van der Waals surface area contributed by atoms with Crippen LogP contribution in [0.4, 0.5) is 10.5 Å². The molecule has 5 nitrogen and oxygen atoms in total. The van der Waals surface area contributed by atoms with Crippen LogP contribution in [-0.4, -0.2) is 24.6 Å². The number of anilines is 1. The third-order valence-electron chi connectivity index (χ3n) is 3.80. The highest BCUT2D eigenvalue weighted by Crippen LogP contribution is 2.52. The Kier molecular flexibility index (Phi) is 4.18. The number of carbonyl (C=O) groups is 2. The summed E-state index contributed by atoms with van der Waals surface area (Å²) in [5.74, 6) is 0.769. The third kappa shape index (κ3) is 3.40. The monoisotopic (exact) mass is 305 g/mol. The first-order valence-corrected chi connectivity index (χ1v) is 7.37. The van der Waals surface area contributed by atoms with Crippen LogP contribution in [0.25, 0.3) is 0 Å². The van der Waals surface area contributed by atoms with E-state index in [1.165, 1.54) is 0 Å². The molecule has 0 heterocycles. The number of amides is 1. The Morgan fingerprint density at radius 2 is 1.86 bits per heavy atom. The molecule has 1 amide bonds. The van der Waals surface area contributed by atoms with Crippen molar-refractivity contribution in [3.63, 3.8) is 0 Å². The van der Waals surface area contributed by atoms with Crippen LogP contribution in [0.15, 0.2) is 18.2 Å².